The van der Waals surface area contributed by atoms with Gasteiger partial charge in [0.25, 0.3) is 11.5 Å². The molecule has 0 aliphatic heterocycles. The Morgan fingerprint density at radius 2 is 1.64 bits per heavy atom. The SMILES string of the molecule is O=C(NCC(c1ccccc1)c1c[nH]c2ccccc12)c1ccc(=O)n(CCOc2ccccc2)n1. The first-order valence-electron chi connectivity index (χ1n) is 11.8. The van der Waals surface area contributed by atoms with Gasteiger partial charge in [-0.15, -0.1) is 0 Å². The Bertz CT molecular complexity index is 1510. The van der Waals surface area contributed by atoms with Gasteiger partial charge in [-0.3, -0.25) is 9.59 Å². The number of para-hydroxylation sites is 2. The average molecular weight is 479 g/mol. The van der Waals surface area contributed by atoms with E-state index in [1.165, 1.54) is 16.8 Å². The molecule has 0 bridgehead atoms. The van der Waals surface area contributed by atoms with Crippen LogP contribution in [0.2, 0.25) is 0 Å². The van der Waals surface area contributed by atoms with E-state index in [1.54, 1.807) is 0 Å². The van der Waals surface area contributed by atoms with Crippen molar-refractivity contribution in [3.63, 3.8) is 0 Å². The lowest BCUT2D eigenvalue weighted by atomic mass is 9.91. The maximum absolute atomic E-state index is 13.0. The summed E-state index contributed by atoms with van der Waals surface area (Å²) < 4.78 is 6.92. The third-order valence-electron chi connectivity index (χ3n) is 6.08. The highest BCUT2D eigenvalue weighted by Gasteiger charge is 2.20. The van der Waals surface area contributed by atoms with Crippen LogP contribution in [0.3, 0.4) is 0 Å². The lowest BCUT2D eigenvalue weighted by molar-refractivity contribution is 0.0944. The number of H-pyrrole nitrogens is 1. The lowest BCUT2D eigenvalue weighted by Crippen LogP contribution is -2.33. The Morgan fingerprint density at radius 3 is 2.44 bits per heavy atom. The van der Waals surface area contributed by atoms with Crippen LogP contribution >= 0.6 is 0 Å². The number of carbonyl (C=O) groups is 1. The molecular weight excluding hydrogens is 452 g/mol. The second-order valence-electron chi connectivity index (χ2n) is 8.40. The number of nitrogens with zero attached hydrogens (tertiary/aromatic N) is 2. The predicted octanol–water partition coefficient (Wildman–Crippen LogP) is 4.37. The summed E-state index contributed by atoms with van der Waals surface area (Å²) in [5.74, 6) is 0.314. The lowest BCUT2D eigenvalue weighted by Gasteiger charge is -2.18. The van der Waals surface area contributed by atoms with Crippen LogP contribution in [-0.4, -0.2) is 33.8 Å². The summed E-state index contributed by atoms with van der Waals surface area (Å²) in [5.41, 5.74) is 3.14. The predicted molar refractivity (Wildman–Crippen MR) is 139 cm³/mol. The van der Waals surface area contributed by atoms with E-state index in [9.17, 15) is 9.59 Å². The van der Waals surface area contributed by atoms with E-state index in [1.807, 2.05) is 72.9 Å². The van der Waals surface area contributed by atoms with Gasteiger partial charge in [0.15, 0.2) is 0 Å². The van der Waals surface area contributed by atoms with E-state index in [2.05, 4.69) is 33.6 Å². The molecule has 0 aliphatic carbocycles. The molecule has 7 heteroatoms. The quantitative estimate of drug-likeness (QED) is 0.329. The number of rotatable bonds is 9. The van der Waals surface area contributed by atoms with Crippen molar-refractivity contribution in [3.05, 3.63) is 130 Å². The monoisotopic (exact) mass is 478 g/mol. The summed E-state index contributed by atoms with van der Waals surface area (Å²) in [6, 6.07) is 30.4. The molecule has 0 aliphatic rings. The minimum Gasteiger partial charge on any atom is -0.492 e. The molecule has 180 valence electrons. The van der Waals surface area contributed by atoms with Crippen molar-refractivity contribution in [1.82, 2.24) is 20.1 Å². The van der Waals surface area contributed by atoms with Crippen molar-refractivity contribution in [1.29, 1.82) is 0 Å². The molecule has 0 saturated heterocycles. The van der Waals surface area contributed by atoms with Crippen LogP contribution in [0, 0.1) is 0 Å². The minimum absolute atomic E-state index is 0.0588. The summed E-state index contributed by atoms with van der Waals surface area (Å²) in [4.78, 5) is 28.6. The Kier molecular flexibility index (Phi) is 6.89. The maximum atomic E-state index is 13.0. The molecule has 7 nitrogen and oxygen atoms in total. The molecule has 5 aromatic rings. The second-order valence-corrected chi connectivity index (χ2v) is 8.40. The molecule has 0 fully saturated rings. The van der Waals surface area contributed by atoms with Gasteiger partial charge in [0.05, 0.1) is 6.54 Å². The van der Waals surface area contributed by atoms with Crippen LogP contribution in [0.25, 0.3) is 10.9 Å². The van der Waals surface area contributed by atoms with Crippen molar-refractivity contribution < 1.29 is 9.53 Å². The standard InChI is InChI=1S/C29H26N4O3/c34-28-16-15-27(32-33(28)17-18-36-22-11-5-2-6-12-22)29(35)31-19-24(21-9-3-1-4-10-21)25-20-30-26-14-8-7-13-23(25)26/h1-16,20,24,30H,17-19H2,(H,31,35). The van der Waals surface area contributed by atoms with E-state index in [0.717, 1.165) is 22.0 Å². The summed E-state index contributed by atoms with van der Waals surface area (Å²) >= 11 is 0. The molecule has 2 N–H and O–H groups in total. The number of amides is 1. The van der Waals surface area contributed by atoms with Crippen molar-refractivity contribution >= 4 is 16.8 Å². The molecule has 0 radical (unpaired) electrons. The summed E-state index contributed by atoms with van der Waals surface area (Å²) in [6.07, 6.45) is 2.00. The van der Waals surface area contributed by atoms with Gasteiger partial charge >= 0.3 is 0 Å². The van der Waals surface area contributed by atoms with E-state index >= 15 is 0 Å². The highest BCUT2D eigenvalue weighted by atomic mass is 16.5. The normalized spacial score (nSPS) is 11.8. The molecule has 5 rings (SSSR count). The minimum atomic E-state index is -0.339. The smallest absolute Gasteiger partial charge is 0.271 e. The molecule has 0 saturated carbocycles. The molecule has 0 spiro atoms. The van der Waals surface area contributed by atoms with Crippen LogP contribution in [0.1, 0.15) is 27.5 Å². The molecular formula is C29H26N4O3. The molecule has 2 aromatic heterocycles. The Labute approximate surface area is 208 Å². The number of hydrogen-bond donors (Lipinski definition) is 2. The fraction of sp³-hybridized carbons (Fsp3) is 0.138. The maximum Gasteiger partial charge on any atom is 0.271 e. The fourth-order valence-corrected chi connectivity index (χ4v) is 4.26. The van der Waals surface area contributed by atoms with Crippen molar-refractivity contribution in [2.24, 2.45) is 0 Å². The van der Waals surface area contributed by atoms with Gasteiger partial charge in [0, 0.05) is 35.6 Å². The zero-order valence-corrected chi connectivity index (χ0v) is 19.6. The first-order valence-corrected chi connectivity index (χ1v) is 11.8. The van der Waals surface area contributed by atoms with Gasteiger partial charge in [-0.1, -0.05) is 66.7 Å². The Hall–Kier alpha value is -4.65. The van der Waals surface area contributed by atoms with Crippen molar-refractivity contribution in [2.45, 2.75) is 12.5 Å². The largest absolute Gasteiger partial charge is 0.492 e. The molecule has 36 heavy (non-hydrogen) atoms. The topological polar surface area (TPSA) is 89.0 Å². The second kappa shape index (κ2) is 10.7. The third kappa shape index (κ3) is 5.20. The third-order valence-corrected chi connectivity index (χ3v) is 6.08. The molecule has 1 unspecified atom stereocenters. The molecule has 1 atom stereocenters. The van der Waals surface area contributed by atoms with Gasteiger partial charge in [0.2, 0.25) is 0 Å². The van der Waals surface area contributed by atoms with Gasteiger partial charge in [-0.25, -0.2) is 4.68 Å². The number of fused-ring (bicyclic) bond motifs is 1. The Morgan fingerprint density at radius 1 is 0.917 bits per heavy atom. The highest BCUT2D eigenvalue weighted by molar-refractivity contribution is 5.92. The highest BCUT2D eigenvalue weighted by Crippen LogP contribution is 2.30. The number of ether oxygens (including phenoxy) is 1. The fourth-order valence-electron chi connectivity index (χ4n) is 4.26. The van der Waals surface area contributed by atoms with E-state index in [4.69, 9.17) is 4.74 Å². The van der Waals surface area contributed by atoms with Crippen molar-refractivity contribution in [2.75, 3.05) is 13.2 Å². The van der Waals surface area contributed by atoms with Gasteiger partial charge in [-0.05, 0) is 35.4 Å². The van der Waals surface area contributed by atoms with Crippen LogP contribution in [0.4, 0.5) is 0 Å². The first-order chi connectivity index (χ1) is 17.7. The van der Waals surface area contributed by atoms with E-state index < -0.39 is 0 Å². The molecule has 1 amide bonds. The number of benzene rings is 3. The average Bonchev–Trinajstić information content (AvgIpc) is 3.35. The summed E-state index contributed by atoms with van der Waals surface area (Å²) in [6.45, 7) is 0.873. The zero-order valence-electron chi connectivity index (χ0n) is 19.6. The molecule has 3 aromatic carbocycles. The van der Waals surface area contributed by atoms with Crippen LogP contribution in [0.5, 0.6) is 5.75 Å². The number of aromatic nitrogens is 3. The summed E-state index contributed by atoms with van der Waals surface area (Å²) in [5, 5.41) is 8.41. The number of carbonyl (C=O) groups excluding carboxylic acids is 1. The van der Waals surface area contributed by atoms with E-state index in [0.29, 0.717) is 12.3 Å². The van der Waals surface area contributed by atoms with Gasteiger partial charge < -0.3 is 15.0 Å². The molecule has 2 heterocycles. The number of nitrogens with one attached hydrogen (secondary N) is 2. The van der Waals surface area contributed by atoms with Crippen LogP contribution in [-0.2, 0) is 6.54 Å². The van der Waals surface area contributed by atoms with Crippen LogP contribution in [0.15, 0.2) is 108 Å². The van der Waals surface area contributed by atoms with Crippen LogP contribution < -0.4 is 15.6 Å². The van der Waals surface area contributed by atoms with Crippen molar-refractivity contribution in [3.8, 4) is 5.75 Å². The number of aromatic amines is 1. The van der Waals surface area contributed by atoms with Gasteiger partial charge in [0.1, 0.15) is 18.1 Å². The number of hydrogen-bond acceptors (Lipinski definition) is 4. The summed E-state index contributed by atoms with van der Waals surface area (Å²) in [7, 11) is 0. The Balaban J connectivity index is 1.31. The zero-order chi connectivity index (χ0) is 24.7. The van der Waals surface area contributed by atoms with Gasteiger partial charge in [-0.2, -0.15) is 5.10 Å². The van der Waals surface area contributed by atoms with E-state index in [-0.39, 0.29) is 36.2 Å². The first kappa shape index (κ1) is 23.1.